The third-order valence-corrected chi connectivity index (χ3v) is 6.84. The SMILES string of the molecule is Fc1ccc(-c2cc3c(-c4ccnc(NC5CCCC5)n4)ccc(NC4CCC4)n3n2)cc1. The second-order valence-electron chi connectivity index (χ2n) is 9.13. The lowest BCUT2D eigenvalue weighted by Crippen LogP contribution is -2.28. The van der Waals surface area contributed by atoms with Crippen molar-refractivity contribution in [1.82, 2.24) is 19.6 Å². The van der Waals surface area contributed by atoms with Crippen LogP contribution in [-0.2, 0) is 0 Å². The Hall–Kier alpha value is -3.48. The summed E-state index contributed by atoms with van der Waals surface area (Å²) in [4.78, 5) is 9.29. The number of hydrogen-bond donors (Lipinski definition) is 2. The number of rotatable bonds is 6. The van der Waals surface area contributed by atoms with E-state index in [9.17, 15) is 4.39 Å². The number of fused-ring (bicyclic) bond motifs is 1. The second kappa shape index (κ2) is 8.46. The van der Waals surface area contributed by atoms with Crippen molar-refractivity contribution in [2.24, 2.45) is 0 Å². The van der Waals surface area contributed by atoms with Crippen molar-refractivity contribution >= 4 is 17.3 Å². The summed E-state index contributed by atoms with van der Waals surface area (Å²) in [5, 5.41) is 12.0. The maximum absolute atomic E-state index is 13.5. The lowest BCUT2D eigenvalue weighted by Gasteiger charge is -2.27. The van der Waals surface area contributed by atoms with Gasteiger partial charge in [0, 0.05) is 29.4 Å². The minimum atomic E-state index is -0.251. The summed E-state index contributed by atoms with van der Waals surface area (Å²) in [6.45, 7) is 0. The molecule has 3 heterocycles. The molecule has 6 nitrogen and oxygen atoms in total. The molecule has 0 bridgehead atoms. The van der Waals surface area contributed by atoms with Crippen LogP contribution in [0.5, 0.6) is 0 Å². The minimum absolute atomic E-state index is 0.251. The van der Waals surface area contributed by atoms with Gasteiger partial charge in [0.05, 0.1) is 16.9 Å². The van der Waals surface area contributed by atoms with Crippen molar-refractivity contribution < 1.29 is 4.39 Å². The highest BCUT2D eigenvalue weighted by atomic mass is 19.1. The molecular weight excluding hydrogens is 415 g/mol. The first-order valence-electron chi connectivity index (χ1n) is 11.9. The summed E-state index contributed by atoms with van der Waals surface area (Å²) < 4.78 is 15.4. The average molecular weight is 443 g/mol. The van der Waals surface area contributed by atoms with Crippen LogP contribution in [0.15, 0.2) is 54.7 Å². The van der Waals surface area contributed by atoms with Gasteiger partial charge in [-0.2, -0.15) is 5.10 Å². The van der Waals surface area contributed by atoms with Gasteiger partial charge in [0.2, 0.25) is 5.95 Å². The zero-order chi connectivity index (χ0) is 22.2. The predicted molar refractivity (Wildman–Crippen MR) is 129 cm³/mol. The fraction of sp³-hybridized carbons (Fsp3) is 0.346. The maximum atomic E-state index is 13.5. The molecule has 7 heteroatoms. The van der Waals surface area contributed by atoms with Gasteiger partial charge in [-0.3, -0.25) is 0 Å². The van der Waals surface area contributed by atoms with E-state index in [2.05, 4.69) is 33.8 Å². The number of anilines is 2. The highest BCUT2D eigenvalue weighted by Crippen LogP contribution is 2.32. The van der Waals surface area contributed by atoms with E-state index >= 15 is 0 Å². The van der Waals surface area contributed by atoms with Gasteiger partial charge in [-0.15, -0.1) is 0 Å². The quantitative estimate of drug-likeness (QED) is 0.388. The van der Waals surface area contributed by atoms with Crippen LogP contribution in [0, 0.1) is 5.82 Å². The highest BCUT2D eigenvalue weighted by molar-refractivity contribution is 5.83. The Morgan fingerprint density at radius 3 is 2.33 bits per heavy atom. The Labute approximate surface area is 192 Å². The Morgan fingerprint density at radius 1 is 0.818 bits per heavy atom. The summed E-state index contributed by atoms with van der Waals surface area (Å²) in [5.41, 5.74) is 4.50. The Balaban J connectivity index is 1.42. The first-order chi connectivity index (χ1) is 16.2. The van der Waals surface area contributed by atoms with Gasteiger partial charge in [-0.25, -0.2) is 18.9 Å². The highest BCUT2D eigenvalue weighted by Gasteiger charge is 2.21. The largest absolute Gasteiger partial charge is 0.367 e. The molecule has 0 aliphatic heterocycles. The number of benzene rings is 1. The Kier molecular flexibility index (Phi) is 5.17. The summed E-state index contributed by atoms with van der Waals surface area (Å²) in [6, 6.07) is 15.6. The number of halogens is 1. The Morgan fingerprint density at radius 2 is 1.58 bits per heavy atom. The van der Waals surface area contributed by atoms with Crippen LogP contribution in [0.2, 0.25) is 0 Å². The molecule has 3 aromatic heterocycles. The lowest BCUT2D eigenvalue weighted by molar-refractivity contribution is 0.443. The molecule has 0 amide bonds. The second-order valence-corrected chi connectivity index (χ2v) is 9.13. The van der Waals surface area contributed by atoms with E-state index in [0.29, 0.717) is 18.0 Å². The first kappa shape index (κ1) is 20.1. The number of nitrogens with one attached hydrogen (secondary N) is 2. The van der Waals surface area contributed by atoms with Crippen LogP contribution in [0.1, 0.15) is 44.9 Å². The zero-order valence-electron chi connectivity index (χ0n) is 18.5. The summed E-state index contributed by atoms with van der Waals surface area (Å²) >= 11 is 0. The summed E-state index contributed by atoms with van der Waals surface area (Å²) in [5.74, 6) is 1.39. The van der Waals surface area contributed by atoms with Gasteiger partial charge in [-0.05, 0) is 80.6 Å². The predicted octanol–water partition coefficient (Wildman–Crippen LogP) is 5.92. The lowest BCUT2D eigenvalue weighted by atomic mass is 9.93. The molecular formula is C26H27FN6. The minimum Gasteiger partial charge on any atom is -0.367 e. The molecule has 0 saturated heterocycles. The van der Waals surface area contributed by atoms with E-state index in [1.165, 1.54) is 57.1 Å². The van der Waals surface area contributed by atoms with Gasteiger partial charge < -0.3 is 10.6 Å². The van der Waals surface area contributed by atoms with E-state index in [1.54, 1.807) is 12.1 Å². The fourth-order valence-electron chi connectivity index (χ4n) is 4.76. The van der Waals surface area contributed by atoms with E-state index in [-0.39, 0.29) is 5.82 Å². The molecule has 0 spiro atoms. The van der Waals surface area contributed by atoms with Crippen LogP contribution >= 0.6 is 0 Å². The molecule has 2 N–H and O–H groups in total. The van der Waals surface area contributed by atoms with Crippen molar-refractivity contribution in [3.63, 3.8) is 0 Å². The van der Waals surface area contributed by atoms with Crippen molar-refractivity contribution in [2.75, 3.05) is 10.6 Å². The van der Waals surface area contributed by atoms with E-state index in [4.69, 9.17) is 10.1 Å². The van der Waals surface area contributed by atoms with Crippen molar-refractivity contribution in [3.05, 3.63) is 60.5 Å². The number of pyridine rings is 1. The molecule has 1 aromatic carbocycles. The van der Waals surface area contributed by atoms with Gasteiger partial charge in [-0.1, -0.05) is 12.8 Å². The molecule has 0 unspecified atom stereocenters. The van der Waals surface area contributed by atoms with E-state index in [0.717, 1.165) is 33.8 Å². The van der Waals surface area contributed by atoms with E-state index < -0.39 is 0 Å². The smallest absolute Gasteiger partial charge is 0.223 e. The Bertz CT molecular complexity index is 1270. The molecule has 168 valence electrons. The molecule has 6 rings (SSSR count). The molecule has 2 saturated carbocycles. The van der Waals surface area contributed by atoms with Crippen LogP contribution < -0.4 is 10.6 Å². The number of hydrogen-bond acceptors (Lipinski definition) is 5. The van der Waals surface area contributed by atoms with Gasteiger partial charge in [0.25, 0.3) is 0 Å². The summed E-state index contributed by atoms with van der Waals surface area (Å²) in [6.07, 6.45) is 10.3. The van der Waals surface area contributed by atoms with Crippen LogP contribution in [0.3, 0.4) is 0 Å². The molecule has 0 atom stereocenters. The van der Waals surface area contributed by atoms with Gasteiger partial charge >= 0.3 is 0 Å². The fourth-order valence-corrected chi connectivity index (χ4v) is 4.76. The molecule has 2 aliphatic carbocycles. The molecule has 4 aromatic rings. The first-order valence-corrected chi connectivity index (χ1v) is 11.9. The third-order valence-electron chi connectivity index (χ3n) is 6.84. The molecule has 33 heavy (non-hydrogen) atoms. The zero-order valence-corrected chi connectivity index (χ0v) is 18.5. The van der Waals surface area contributed by atoms with Gasteiger partial charge in [0.1, 0.15) is 11.6 Å². The standard InChI is InChI=1S/C26H27FN6/c27-18-10-8-17(9-11-18)23-16-24-21(12-13-25(33(24)32-23)29-19-6-3-7-19)22-14-15-28-26(31-22)30-20-4-1-2-5-20/h8-16,19-20,29H,1-7H2,(H,28,30,31). The average Bonchev–Trinajstić information content (AvgIpc) is 3.47. The molecule has 2 fully saturated rings. The topological polar surface area (TPSA) is 67.1 Å². The normalized spacial score (nSPS) is 16.8. The van der Waals surface area contributed by atoms with Crippen LogP contribution in [0.4, 0.5) is 16.2 Å². The molecule has 2 aliphatic rings. The number of aromatic nitrogens is 4. The van der Waals surface area contributed by atoms with E-state index in [1.807, 2.05) is 16.8 Å². The van der Waals surface area contributed by atoms with Gasteiger partial charge in [0.15, 0.2) is 0 Å². The third kappa shape index (κ3) is 4.03. The van der Waals surface area contributed by atoms with Crippen molar-refractivity contribution in [3.8, 4) is 22.5 Å². The summed E-state index contributed by atoms with van der Waals surface area (Å²) in [7, 11) is 0. The van der Waals surface area contributed by atoms with Crippen LogP contribution in [-0.4, -0.2) is 31.7 Å². The van der Waals surface area contributed by atoms with Crippen LogP contribution in [0.25, 0.3) is 28.0 Å². The molecule has 0 radical (unpaired) electrons. The monoisotopic (exact) mass is 442 g/mol. The van der Waals surface area contributed by atoms with Crippen molar-refractivity contribution in [2.45, 2.75) is 57.0 Å². The van der Waals surface area contributed by atoms with Crippen molar-refractivity contribution in [1.29, 1.82) is 0 Å². The maximum Gasteiger partial charge on any atom is 0.223 e. The number of nitrogens with zero attached hydrogens (tertiary/aromatic N) is 4.